The second-order valence-corrected chi connectivity index (χ2v) is 4.61. The highest BCUT2D eigenvalue weighted by atomic mass is 19.3. The second kappa shape index (κ2) is 5.60. The van der Waals surface area contributed by atoms with Crippen molar-refractivity contribution in [2.24, 2.45) is 5.92 Å². The minimum absolute atomic E-state index is 0.0138. The number of alkyl halides is 2. The van der Waals surface area contributed by atoms with Gasteiger partial charge in [0.05, 0.1) is 13.2 Å². The van der Waals surface area contributed by atoms with E-state index in [-0.39, 0.29) is 37.4 Å². The maximum atomic E-state index is 12.0. The van der Waals surface area contributed by atoms with E-state index in [9.17, 15) is 18.4 Å². The Hall–Kier alpha value is -1.24. The maximum Gasteiger partial charge on any atom is 0.261 e. The zero-order valence-corrected chi connectivity index (χ0v) is 9.90. The minimum atomic E-state index is -2.51. The molecule has 2 fully saturated rings. The molecule has 0 aromatic rings. The van der Waals surface area contributed by atoms with Gasteiger partial charge in [-0.25, -0.2) is 8.78 Å². The third kappa shape index (κ3) is 3.38. The Morgan fingerprint density at radius 1 is 1.39 bits per heavy atom. The molecule has 1 N–H and O–H groups in total. The van der Waals surface area contributed by atoms with Gasteiger partial charge in [0.1, 0.15) is 12.6 Å². The first-order valence-electron chi connectivity index (χ1n) is 6.02. The van der Waals surface area contributed by atoms with Crippen LogP contribution in [0.5, 0.6) is 0 Å². The lowest BCUT2D eigenvalue weighted by molar-refractivity contribution is -0.145. The van der Waals surface area contributed by atoms with Gasteiger partial charge in [-0.15, -0.1) is 0 Å². The second-order valence-electron chi connectivity index (χ2n) is 4.61. The predicted molar refractivity (Wildman–Crippen MR) is 58.1 cm³/mol. The Kier molecular flexibility index (Phi) is 4.11. The summed E-state index contributed by atoms with van der Waals surface area (Å²) < 4.78 is 28.4. The van der Waals surface area contributed by atoms with Crippen LogP contribution in [0.15, 0.2) is 0 Å². The smallest absolute Gasteiger partial charge is 0.261 e. The third-order valence-electron chi connectivity index (χ3n) is 3.07. The van der Waals surface area contributed by atoms with Gasteiger partial charge >= 0.3 is 0 Å². The summed E-state index contributed by atoms with van der Waals surface area (Å²) in [5.41, 5.74) is 0. The van der Waals surface area contributed by atoms with Gasteiger partial charge in [-0.3, -0.25) is 9.59 Å². The van der Waals surface area contributed by atoms with E-state index in [2.05, 4.69) is 5.32 Å². The van der Waals surface area contributed by atoms with Gasteiger partial charge in [0.15, 0.2) is 0 Å². The van der Waals surface area contributed by atoms with Crippen LogP contribution in [0.1, 0.15) is 12.8 Å². The normalized spacial score (nSPS) is 24.6. The molecule has 0 aromatic heterocycles. The number of carbonyl (C=O) groups is 2. The molecule has 2 aliphatic rings. The summed E-state index contributed by atoms with van der Waals surface area (Å²) in [6.45, 7) is -0.441. The molecular weight excluding hydrogens is 246 g/mol. The highest BCUT2D eigenvalue weighted by Gasteiger charge is 2.42. The van der Waals surface area contributed by atoms with Crippen molar-refractivity contribution in [3.05, 3.63) is 0 Å². The van der Waals surface area contributed by atoms with E-state index in [4.69, 9.17) is 4.74 Å². The quantitative estimate of drug-likeness (QED) is 0.686. The number of hydrogen-bond donors (Lipinski definition) is 1. The first-order chi connectivity index (χ1) is 8.58. The summed E-state index contributed by atoms with van der Waals surface area (Å²) in [5, 5.41) is 2.68. The fourth-order valence-electron chi connectivity index (χ4n) is 2.01. The average molecular weight is 262 g/mol. The van der Waals surface area contributed by atoms with Crippen LogP contribution in [0.2, 0.25) is 0 Å². The predicted octanol–water partition coefficient (Wildman–Crippen LogP) is 0.00510. The van der Waals surface area contributed by atoms with Crippen molar-refractivity contribution in [3.8, 4) is 0 Å². The topological polar surface area (TPSA) is 58.6 Å². The van der Waals surface area contributed by atoms with E-state index in [0.717, 1.165) is 12.8 Å². The molecule has 0 radical (unpaired) electrons. The van der Waals surface area contributed by atoms with Crippen molar-refractivity contribution in [2.45, 2.75) is 25.3 Å². The monoisotopic (exact) mass is 262 g/mol. The molecule has 0 bridgehead atoms. The third-order valence-corrected chi connectivity index (χ3v) is 3.07. The summed E-state index contributed by atoms with van der Waals surface area (Å²) in [4.78, 5) is 24.8. The van der Waals surface area contributed by atoms with Crippen LogP contribution >= 0.6 is 0 Å². The molecule has 7 heteroatoms. The Bertz CT molecular complexity index is 334. The van der Waals surface area contributed by atoms with E-state index in [1.807, 2.05) is 0 Å². The fraction of sp³-hybridized carbons (Fsp3) is 0.818. The first-order valence-corrected chi connectivity index (χ1v) is 6.02. The summed E-state index contributed by atoms with van der Waals surface area (Å²) in [7, 11) is 0. The lowest BCUT2D eigenvalue weighted by atomic mass is 10.1. The van der Waals surface area contributed by atoms with E-state index in [1.165, 1.54) is 4.90 Å². The number of halogens is 2. The molecule has 1 saturated heterocycles. The maximum absolute atomic E-state index is 12.0. The number of piperazine rings is 1. The molecule has 18 heavy (non-hydrogen) atoms. The zero-order valence-electron chi connectivity index (χ0n) is 9.90. The molecule has 0 aromatic carbocycles. The van der Waals surface area contributed by atoms with Gasteiger partial charge in [-0.2, -0.15) is 0 Å². The summed E-state index contributed by atoms with van der Waals surface area (Å²) >= 11 is 0. The van der Waals surface area contributed by atoms with E-state index in [0.29, 0.717) is 0 Å². The SMILES string of the molecule is O=C1CN(CCOCC(F)F)C(=O)C(C2CC2)N1. The molecule has 1 saturated carbocycles. The van der Waals surface area contributed by atoms with Crippen LogP contribution < -0.4 is 5.32 Å². The number of rotatable bonds is 6. The number of nitrogens with one attached hydrogen (secondary N) is 1. The zero-order chi connectivity index (χ0) is 13.1. The lowest BCUT2D eigenvalue weighted by Crippen LogP contribution is -2.59. The first kappa shape index (κ1) is 13.2. The van der Waals surface area contributed by atoms with Gasteiger partial charge in [0, 0.05) is 6.54 Å². The number of hydrogen-bond acceptors (Lipinski definition) is 3. The Morgan fingerprint density at radius 3 is 2.72 bits per heavy atom. The van der Waals surface area contributed by atoms with Crippen molar-refractivity contribution in [1.82, 2.24) is 10.2 Å². The van der Waals surface area contributed by atoms with Gasteiger partial charge in [-0.05, 0) is 18.8 Å². The van der Waals surface area contributed by atoms with Crippen molar-refractivity contribution in [3.63, 3.8) is 0 Å². The number of amides is 2. The van der Waals surface area contributed by atoms with E-state index in [1.54, 1.807) is 0 Å². The molecule has 1 aliphatic heterocycles. The van der Waals surface area contributed by atoms with Crippen molar-refractivity contribution >= 4 is 11.8 Å². The highest BCUT2D eigenvalue weighted by Crippen LogP contribution is 2.34. The lowest BCUT2D eigenvalue weighted by Gasteiger charge is -2.32. The molecule has 2 rings (SSSR count). The molecule has 5 nitrogen and oxygen atoms in total. The number of nitrogens with zero attached hydrogens (tertiary/aromatic N) is 1. The molecule has 0 spiro atoms. The molecule has 1 heterocycles. The average Bonchev–Trinajstić information content (AvgIpc) is 3.12. The fourth-order valence-corrected chi connectivity index (χ4v) is 2.01. The molecule has 1 atom stereocenters. The number of ether oxygens (including phenoxy) is 1. The van der Waals surface area contributed by atoms with Crippen molar-refractivity contribution < 1.29 is 23.1 Å². The Morgan fingerprint density at radius 2 is 2.11 bits per heavy atom. The highest BCUT2D eigenvalue weighted by molar-refractivity contribution is 5.95. The number of carbonyl (C=O) groups excluding carboxylic acids is 2. The van der Waals surface area contributed by atoms with Crippen LogP contribution in [-0.4, -0.2) is 55.5 Å². The minimum Gasteiger partial charge on any atom is -0.374 e. The largest absolute Gasteiger partial charge is 0.374 e. The molecule has 2 amide bonds. The standard InChI is InChI=1S/C11H16F2N2O3/c12-8(13)6-18-4-3-15-5-9(16)14-10(11(15)17)7-1-2-7/h7-8,10H,1-6H2,(H,14,16). The van der Waals surface area contributed by atoms with Gasteiger partial charge in [0.2, 0.25) is 11.8 Å². The van der Waals surface area contributed by atoms with Crippen LogP contribution in [0.4, 0.5) is 8.78 Å². The van der Waals surface area contributed by atoms with Crippen LogP contribution in [0.25, 0.3) is 0 Å². The Labute approximate surface area is 103 Å². The van der Waals surface area contributed by atoms with E-state index < -0.39 is 19.1 Å². The summed E-state index contributed by atoms with van der Waals surface area (Å²) in [6.07, 6.45) is -0.608. The Balaban J connectivity index is 1.79. The molecule has 102 valence electrons. The summed E-state index contributed by atoms with van der Waals surface area (Å²) in [5.74, 6) is -0.0793. The van der Waals surface area contributed by atoms with Gasteiger partial charge in [0.25, 0.3) is 6.43 Å². The van der Waals surface area contributed by atoms with Crippen molar-refractivity contribution in [1.29, 1.82) is 0 Å². The van der Waals surface area contributed by atoms with Gasteiger partial charge in [-0.1, -0.05) is 0 Å². The molecule has 1 unspecified atom stereocenters. The van der Waals surface area contributed by atoms with Gasteiger partial charge < -0.3 is 15.0 Å². The molecule has 1 aliphatic carbocycles. The van der Waals surface area contributed by atoms with Crippen LogP contribution in [0.3, 0.4) is 0 Å². The van der Waals surface area contributed by atoms with Crippen molar-refractivity contribution in [2.75, 3.05) is 26.3 Å². The van der Waals surface area contributed by atoms with Crippen LogP contribution in [-0.2, 0) is 14.3 Å². The van der Waals surface area contributed by atoms with E-state index >= 15 is 0 Å². The van der Waals surface area contributed by atoms with Crippen LogP contribution in [0, 0.1) is 5.92 Å². The summed E-state index contributed by atoms with van der Waals surface area (Å²) in [6, 6.07) is -0.429. The molecular formula is C11H16F2N2O3.